The zero-order valence-electron chi connectivity index (χ0n) is 12.1. The van der Waals surface area contributed by atoms with Crippen LogP contribution in [0.25, 0.3) is 0 Å². The first kappa shape index (κ1) is 15.7. The molecule has 0 aliphatic rings. The molecule has 1 amide bonds. The normalized spacial score (nSPS) is 11.4. The zero-order chi connectivity index (χ0) is 14.8. The van der Waals surface area contributed by atoms with E-state index in [1.54, 1.807) is 0 Å². The van der Waals surface area contributed by atoms with Crippen LogP contribution < -0.4 is 0 Å². The van der Waals surface area contributed by atoms with Gasteiger partial charge < -0.3 is 10.0 Å². The van der Waals surface area contributed by atoms with Crippen molar-refractivity contribution in [1.82, 2.24) is 4.90 Å². The van der Waals surface area contributed by atoms with Crippen LogP contribution in [0, 0.1) is 6.92 Å². The Morgan fingerprint density at radius 2 is 1.95 bits per heavy atom. The van der Waals surface area contributed by atoms with Crippen LogP contribution in [0.2, 0.25) is 0 Å². The third kappa shape index (κ3) is 3.80. The largest absolute Gasteiger partial charge is 0.480 e. The summed E-state index contributed by atoms with van der Waals surface area (Å²) in [6.45, 7) is 9.28. The Kier molecular flexibility index (Phi) is 4.74. The maximum Gasteiger partial charge on any atom is 0.323 e. The third-order valence-electron chi connectivity index (χ3n) is 2.96. The molecule has 0 aromatic carbocycles. The summed E-state index contributed by atoms with van der Waals surface area (Å²) in [7, 11) is 0. The molecule has 106 valence electrons. The van der Waals surface area contributed by atoms with Crippen LogP contribution in [0.3, 0.4) is 0 Å². The number of amides is 1. The molecule has 0 spiro atoms. The quantitative estimate of drug-likeness (QED) is 0.924. The number of aryl methyl sites for hydroxylation is 2. The number of hydrogen-bond acceptors (Lipinski definition) is 3. The Morgan fingerprint density at radius 3 is 2.32 bits per heavy atom. The minimum absolute atomic E-state index is 0.206. The van der Waals surface area contributed by atoms with Crippen LogP contribution in [0.5, 0.6) is 0 Å². The average molecular weight is 283 g/mol. The summed E-state index contributed by atoms with van der Waals surface area (Å²) in [5.41, 5.74) is 0.636. The average Bonchev–Trinajstić information content (AvgIpc) is 2.65. The maximum absolute atomic E-state index is 12.5. The van der Waals surface area contributed by atoms with Crippen molar-refractivity contribution in [1.29, 1.82) is 0 Å². The van der Waals surface area contributed by atoms with Gasteiger partial charge in [-0.25, -0.2) is 0 Å². The fourth-order valence-electron chi connectivity index (χ4n) is 1.86. The minimum Gasteiger partial charge on any atom is -0.480 e. The predicted molar refractivity (Wildman–Crippen MR) is 76.9 cm³/mol. The van der Waals surface area contributed by atoms with Gasteiger partial charge >= 0.3 is 5.97 Å². The van der Waals surface area contributed by atoms with Gasteiger partial charge in [-0.15, -0.1) is 11.3 Å². The first-order valence-electron chi connectivity index (χ1n) is 6.30. The first-order valence-corrected chi connectivity index (χ1v) is 7.11. The summed E-state index contributed by atoms with van der Waals surface area (Å²) in [5, 5.41) is 8.96. The third-order valence-corrected chi connectivity index (χ3v) is 4.04. The first-order chi connectivity index (χ1) is 8.66. The molecule has 0 aliphatic heterocycles. The van der Waals surface area contributed by atoms with Crippen LogP contribution in [-0.4, -0.2) is 34.0 Å². The van der Waals surface area contributed by atoms with E-state index in [1.165, 1.54) is 16.2 Å². The van der Waals surface area contributed by atoms with Gasteiger partial charge in [-0.2, -0.15) is 0 Å². The highest BCUT2D eigenvalue weighted by Crippen LogP contribution is 2.26. The van der Waals surface area contributed by atoms with Gasteiger partial charge in [0.15, 0.2) is 0 Å². The van der Waals surface area contributed by atoms with E-state index in [0.29, 0.717) is 4.88 Å². The molecule has 0 saturated heterocycles. The summed E-state index contributed by atoms with van der Waals surface area (Å²) in [5.74, 6) is -1.20. The summed E-state index contributed by atoms with van der Waals surface area (Å²) in [6, 6.07) is 1.88. The van der Waals surface area contributed by atoms with Gasteiger partial charge in [-0.1, -0.05) is 6.92 Å². The Labute approximate surface area is 118 Å². The summed E-state index contributed by atoms with van der Waals surface area (Å²) >= 11 is 1.43. The van der Waals surface area contributed by atoms with Crippen molar-refractivity contribution in [2.24, 2.45) is 0 Å². The molecule has 0 saturated carbocycles. The van der Waals surface area contributed by atoms with Crippen molar-refractivity contribution in [2.75, 3.05) is 6.54 Å². The molecule has 1 heterocycles. The van der Waals surface area contributed by atoms with Crippen molar-refractivity contribution in [3.8, 4) is 0 Å². The number of rotatable bonds is 4. The van der Waals surface area contributed by atoms with Gasteiger partial charge in [0.1, 0.15) is 6.54 Å². The van der Waals surface area contributed by atoms with Crippen molar-refractivity contribution in [2.45, 2.75) is 46.6 Å². The summed E-state index contributed by atoms with van der Waals surface area (Å²) in [4.78, 5) is 26.6. The number of aliphatic carboxylic acids is 1. The number of carbonyl (C=O) groups excluding carboxylic acids is 1. The lowest BCUT2D eigenvalue weighted by Crippen LogP contribution is -2.48. The number of thiophene rings is 1. The predicted octanol–water partition coefficient (Wildman–Crippen LogP) is 2.94. The number of hydrogen-bond donors (Lipinski definition) is 1. The zero-order valence-corrected chi connectivity index (χ0v) is 12.9. The Hall–Kier alpha value is -1.36. The number of carbonyl (C=O) groups is 2. The molecule has 1 rings (SSSR count). The van der Waals surface area contributed by atoms with Crippen LogP contribution in [-0.2, 0) is 11.2 Å². The van der Waals surface area contributed by atoms with E-state index < -0.39 is 11.5 Å². The molecule has 0 fully saturated rings. The van der Waals surface area contributed by atoms with E-state index in [1.807, 2.05) is 40.7 Å². The monoisotopic (exact) mass is 283 g/mol. The SMILES string of the molecule is CCc1cc(C(=O)N(CC(=O)O)C(C)(C)C)sc1C. The van der Waals surface area contributed by atoms with E-state index in [4.69, 9.17) is 5.11 Å². The molecule has 1 aromatic heterocycles. The Morgan fingerprint density at radius 1 is 1.37 bits per heavy atom. The fraction of sp³-hybridized carbons (Fsp3) is 0.571. The summed E-state index contributed by atoms with van der Waals surface area (Å²) in [6.07, 6.45) is 0.879. The van der Waals surface area contributed by atoms with Crippen molar-refractivity contribution in [3.05, 3.63) is 21.4 Å². The van der Waals surface area contributed by atoms with Crippen LogP contribution in [0.15, 0.2) is 6.07 Å². The van der Waals surface area contributed by atoms with Gasteiger partial charge in [0.2, 0.25) is 0 Å². The molecule has 1 N–H and O–H groups in total. The fourth-order valence-corrected chi connectivity index (χ4v) is 2.92. The highest BCUT2D eigenvalue weighted by atomic mass is 32.1. The van der Waals surface area contributed by atoms with Crippen LogP contribution in [0.4, 0.5) is 0 Å². The topological polar surface area (TPSA) is 57.6 Å². The number of carboxylic acids is 1. The second-order valence-corrected chi connectivity index (χ2v) is 6.76. The minimum atomic E-state index is -0.993. The molecule has 0 aliphatic carbocycles. The maximum atomic E-state index is 12.5. The lowest BCUT2D eigenvalue weighted by Gasteiger charge is -2.34. The molecule has 0 bridgehead atoms. The molecule has 19 heavy (non-hydrogen) atoms. The molecule has 5 heteroatoms. The molecule has 1 aromatic rings. The second-order valence-electron chi connectivity index (χ2n) is 5.50. The smallest absolute Gasteiger partial charge is 0.323 e. The highest BCUT2D eigenvalue weighted by molar-refractivity contribution is 7.14. The van der Waals surface area contributed by atoms with Crippen molar-refractivity contribution < 1.29 is 14.7 Å². The molecular weight excluding hydrogens is 262 g/mol. The molecule has 4 nitrogen and oxygen atoms in total. The van der Waals surface area contributed by atoms with Gasteiger partial charge in [0.05, 0.1) is 4.88 Å². The van der Waals surface area contributed by atoms with E-state index in [9.17, 15) is 9.59 Å². The Bertz CT molecular complexity index is 485. The highest BCUT2D eigenvalue weighted by Gasteiger charge is 2.30. The van der Waals surface area contributed by atoms with Gasteiger partial charge in [0.25, 0.3) is 5.91 Å². The van der Waals surface area contributed by atoms with Crippen molar-refractivity contribution >= 4 is 23.2 Å². The molecule has 0 radical (unpaired) electrons. The summed E-state index contributed by atoms with van der Waals surface area (Å²) < 4.78 is 0. The standard InChI is InChI=1S/C14H21NO3S/c1-6-10-7-11(19-9(10)2)13(18)15(8-12(16)17)14(3,4)5/h7H,6,8H2,1-5H3,(H,16,17). The van der Waals surface area contributed by atoms with Crippen molar-refractivity contribution in [3.63, 3.8) is 0 Å². The van der Waals surface area contributed by atoms with Gasteiger partial charge in [-0.3, -0.25) is 9.59 Å². The molecule has 0 atom stereocenters. The molecule has 0 unspecified atom stereocenters. The lowest BCUT2D eigenvalue weighted by molar-refractivity contribution is -0.138. The van der Waals surface area contributed by atoms with E-state index in [-0.39, 0.29) is 12.5 Å². The number of nitrogens with zero attached hydrogens (tertiary/aromatic N) is 1. The number of carboxylic acid groups (broad SMARTS) is 1. The molecular formula is C14H21NO3S. The van der Waals surface area contributed by atoms with Crippen LogP contribution in [0.1, 0.15) is 47.8 Å². The van der Waals surface area contributed by atoms with Gasteiger partial charge in [-0.05, 0) is 45.7 Å². The lowest BCUT2D eigenvalue weighted by atomic mass is 10.1. The van der Waals surface area contributed by atoms with E-state index >= 15 is 0 Å². The van der Waals surface area contributed by atoms with E-state index in [2.05, 4.69) is 0 Å². The Balaban J connectivity index is 3.08. The van der Waals surface area contributed by atoms with Gasteiger partial charge in [0, 0.05) is 10.4 Å². The van der Waals surface area contributed by atoms with E-state index in [0.717, 1.165) is 16.9 Å². The van der Waals surface area contributed by atoms with Crippen LogP contribution >= 0.6 is 11.3 Å². The second kappa shape index (κ2) is 5.74.